The molecule has 0 fully saturated rings. The Kier molecular flexibility index (Phi) is 7.54. The van der Waals surface area contributed by atoms with Gasteiger partial charge in [0.15, 0.2) is 0 Å². The van der Waals surface area contributed by atoms with E-state index in [4.69, 9.17) is 15.2 Å². The fourth-order valence-electron chi connectivity index (χ4n) is 1.93. The van der Waals surface area contributed by atoms with E-state index in [1.165, 1.54) is 20.8 Å². The number of nitrogens with zero attached hydrogens (tertiary/aromatic N) is 1. The molecular formula is C19H27N3O6. The molecule has 1 aromatic carbocycles. The van der Waals surface area contributed by atoms with E-state index in [0.29, 0.717) is 5.56 Å². The van der Waals surface area contributed by atoms with Crippen molar-refractivity contribution >= 4 is 23.9 Å². The molecule has 3 N–H and O–H groups in total. The molecule has 0 heterocycles. The molecule has 0 aliphatic heterocycles. The largest absolute Gasteiger partial charge is 0.444 e. The van der Waals surface area contributed by atoms with Crippen molar-refractivity contribution < 1.29 is 28.7 Å². The van der Waals surface area contributed by atoms with E-state index in [1.807, 2.05) is 0 Å². The smallest absolute Gasteiger partial charge is 0.408 e. The van der Waals surface area contributed by atoms with E-state index in [1.54, 1.807) is 45.0 Å². The Morgan fingerprint density at radius 1 is 1.14 bits per heavy atom. The summed E-state index contributed by atoms with van der Waals surface area (Å²) in [6, 6.07) is 6.60. The molecular weight excluding hydrogens is 366 g/mol. The number of amidine groups is 1. The summed E-state index contributed by atoms with van der Waals surface area (Å²) in [5.74, 6) is -0.894. The monoisotopic (exact) mass is 393 g/mol. The maximum Gasteiger partial charge on any atom is 0.408 e. The maximum atomic E-state index is 12.4. The zero-order chi connectivity index (χ0) is 21.5. The lowest BCUT2D eigenvalue weighted by Gasteiger charge is -2.26. The van der Waals surface area contributed by atoms with Crippen LogP contribution >= 0.6 is 0 Å². The number of nitrogens with one attached hydrogen (secondary N) is 1. The van der Waals surface area contributed by atoms with Gasteiger partial charge in [0, 0.05) is 13.3 Å². The molecule has 1 amide bonds. The van der Waals surface area contributed by atoms with E-state index in [2.05, 4.69) is 15.3 Å². The van der Waals surface area contributed by atoms with Crippen LogP contribution in [-0.4, -0.2) is 35.0 Å². The third kappa shape index (κ3) is 8.52. The van der Waals surface area contributed by atoms with Crippen LogP contribution < -0.4 is 15.8 Å². The predicted octanol–water partition coefficient (Wildman–Crippen LogP) is 2.27. The summed E-state index contributed by atoms with van der Waals surface area (Å²) in [6.07, 6.45) is -0.532. The number of ether oxygens (including phenoxy) is 2. The Morgan fingerprint density at radius 3 is 2.36 bits per heavy atom. The summed E-state index contributed by atoms with van der Waals surface area (Å²) in [5, 5.41) is 5.97. The van der Waals surface area contributed by atoms with Crippen LogP contribution in [0, 0.1) is 0 Å². The lowest BCUT2D eigenvalue weighted by Crippen LogP contribution is -2.52. The van der Waals surface area contributed by atoms with Gasteiger partial charge in [-0.2, -0.15) is 0 Å². The van der Waals surface area contributed by atoms with Crippen LogP contribution in [0.5, 0.6) is 5.75 Å². The van der Waals surface area contributed by atoms with Gasteiger partial charge in [-0.05, 0) is 52.3 Å². The topological polar surface area (TPSA) is 129 Å². The first-order valence-corrected chi connectivity index (χ1v) is 8.61. The number of nitrogens with two attached hydrogens (primary N) is 1. The Bertz CT molecular complexity index is 765. The average Bonchev–Trinajstić information content (AvgIpc) is 2.50. The highest BCUT2D eigenvalue weighted by Crippen LogP contribution is 2.17. The quantitative estimate of drug-likeness (QED) is 0.189. The molecule has 0 spiro atoms. The highest BCUT2D eigenvalue weighted by molar-refractivity contribution is 5.86. The lowest BCUT2D eigenvalue weighted by atomic mass is 10.1. The Labute approximate surface area is 164 Å². The average molecular weight is 393 g/mol. The summed E-state index contributed by atoms with van der Waals surface area (Å²) < 4.78 is 10.5. The second-order valence-corrected chi connectivity index (χ2v) is 7.63. The number of carbonyl (C=O) groups excluding carboxylic acids is 3. The van der Waals surface area contributed by atoms with Crippen molar-refractivity contribution in [1.29, 1.82) is 0 Å². The molecule has 0 bridgehead atoms. The van der Waals surface area contributed by atoms with Crippen LogP contribution in [0.3, 0.4) is 0 Å². The predicted molar refractivity (Wildman–Crippen MR) is 103 cm³/mol. The SMILES string of the molecule is CC(=O)O/N=C(\N)Cc1cccc(OC(=O)C(C)(C)NC(=O)OC(C)(C)C)c1. The number of hydrogen-bond acceptors (Lipinski definition) is 7. The standard InChI is InChI=1S/C19H27N3O6/c1-12(23)28-22-15(20)11-13-8-7-9-14(10-13)26-16(24)19(5,6)21-17(25)27-18(2,3)4/h7-10H,11H2,1-6H3,(H2,20,22)(H,21,25). The van der Waals surface area contributed by atoms with Crippen LogP contribution in [-0.2, 0) is 25.6 Å². The van der Waals surface area contributed by atoms with Crippen molar-refractivity contribution in [2.75, 3.05) is 0 Å². The van der Waals surface area contributed by atoms with Crippen molar-refractivity contribution in [3.63, 3.8) is 0 Å². The molecule has 9 nitrogen and oxygen atoms in total. The molecule has 0 aliphatic rings. The third-order valence-electron chi connectivity index (χ3n) is 3.11. The van der Waals surface area contributed by atoms with Gasteiger partial charge in [-0.15, -0.1) is 0 Å². The van der Waals surface area contributed by atoms with Crippen LogP contribution in [0.4, 0.5) is 4.79 Å². The first-order valence-electron chi connectivity index (χ1n) is 8.61. The van der Waals surface area contributed by atoms with E-state index in [0.717, 1.165) is 0 Å². The molecule has 28 heavy (non-hydrogen) atoms. The normalized spacial score (nSPS) is 12.1. The fraction of sp³-hybridized carbons (Fsp3) is 0.474. The van der Waals surface area contributed by atoms with Gasteiger partial charge in [0.05, 0.1) is 0 Å². The molecule has 0 saturated carbocycles. The molecule has 0 aromatic heterocycles. The number of oxime groups is 1. The minimum Gasteiger partial charge on any atom is -0.444 e. The molecule has 9 heteroatoms. The van der Waals surface area contributed by atoms with Gasteiger partial charge < -0.3 is 25.4 Å². The second-order valence-electron chi connectivity index (χ2n) is 7.63. The number of benzene rings is 1. The molecule has 0 radical (unpaired) electrons. The maximum absolute atomic E-state index is 12.4. The molecule has 154 valence electrons. The van der Waals surface area contributed by atoms with Gasteiger partial charge in [-0.25, -0.2) is 14.4 Å². The minimum absolute atomic E-state index is 0.0885. The van der Waals surface area contributed by atoms with E-state index >= 15 is 0 Å². The van der Waals surface area contributed by atoms with Crippen LogP contribution in [0.1, 0.15) is 47.1 Å². The van der Waals surface area contributed by atoms with Gasteiger partial charge in [0.25, 0.3) is 0 Å². The van der Waals surface area contributed by atoms with Crippen molar-refractivity contribution in [2.45, 2.75) is 59.1 Å². The van der Waals surface area contributed by atoms with Crippen molar-refractivity contribution in [3.05, 3.63) is 29.8 Å². The summed E-state index contributed by atoms with van der Waals surface area (Å²) in [4.78, 5) is 39.6. The molecule has 0 unspecified atom stereocenters. The zero-order valence-electron chi connectivity index (χ0n) is 17.0. The number of rotatable bonds is 6. The molecule has 0 aliphatic carbocycles. The van der Waals surface area contributed by atoms with Crippen molar-refractivity contribution in [3.8, 4) is 5.75 Å². The molecule has 0 atom stereocenters. The van der Waals surface area contributed by atoms with Gasteiger partial charge in [-0.3, -0.25) is 0 Å². The molecule has 1 aromatic rings. The Morgan fingerprint density at radius 2 is 1.79 bits per heavy atom. The van der Waals surface area contributed by atoms with Gasteiger partial charge in [0.1, 0.15) is 22.7 Å². The molecule has 0 saturated heterocycles. The highest BCUT2D eigenvalue weighted by atomic mass is 16.7. The van der Waals surface area contributed by atoms with Gasteiger partial charge in [-0.1, -0.05) is 17.3 Å². The number of esters is 1. The summed E-state index contributed by atoms with van der Waals surface area (Å²) >= 11 is 0. The molecule has 1 rings (SSSR count). The number of hydrogen-bond donors (Lipinski definition) is 2. The Balaban J connectivity index is 2.76. The van der Waals surface area contributed by atoms with E-state index in [9.17, 15) is 14.4 Å². The van der Waals surface area contributed by atoms with Crippen LogP contribution in [0.15, 0.2) is 29.4 Å². The zero-order valence-corrected chi connectivity index (χ0v) is 17.0. The Hall–Kier alpha value is -3.10. The van der Waals surface area contributed by atoms with E-state index < -0.39 is 29.2 Å². The number of alkyl carbamates (subject to hydrolysis) is 1. The lowest BCUT2D eigenvalue weighted by molar-refractivity contribution is -0.141. The van der Waals surface area contributed by atoms with Gasteiger partial charge >= 0.3 is 18.0 Å². The van der Waals surface area contributed by atoms with Crippen molar-refractivity contribution in [1.82, 2.24) is 5.32 Å². The van der Waals surface area contributed by atoms with Crippen LogP contribution in [0.25, 0.3) is 0 Å². The first-order chi connectivity index (χ1) is 12.8. The summed E-state index contributed by atoms with van der Waals surface area (Å²) in [7, 11) is 0. The minimum atomic E-state index is -1.31. The van der Waals surface area contributed by atoms with Gasteiger partial charge in [0.2, 0.25) is 0 Å². The first kappa shape index (κ1) is 22.9. The highest BCUT2D eigenvalue weighted by Gasteiger charge is 2.33. The van der Waals surface area contributed by atoms with Crippen LogP contribution in [0.2, 0.25) is 0 Å². The third-order valence-corrected chi connectivity index (χ3v) is 3.11. The second kappa shape index (κ2) is 9.20. The fourth-order valence-corrected chi connectivity index (χ4v) is 1.93. The number of carbonyl (C=O) groups is 3. The van der Waals surface area contributed by atoms with E-state index in [-0.39, 0.29) is 18.0 Å². The number of amides is 1. The van der Waals surface area contributed by atoms with Crippen molar-refractivity contribution in [2.24, 2.45) is 10.9 Å². The summed E-state index contributed by atoms with van der Waals surface area (Å²) in [5.41, 5.74) is 4.37. The summed E-state index contributed by atoms with van der Waals surface area (Å²) in [6.45, 7) is 9.39.